The molecule has 0 spiro atoms. The Morgan fingerprint density at radius 2 is 2.20 bits per heavy atom. The summed E-state index contributed by atoms with van der Waals surface area (Å²) in [4.78, 5) is 13.7. The molecule has 2 atom stereocenters. The van der Waals surface area contributed by atoms with E-state index in [2.05, 4.69) is 26.1 Å². The fourth-order valence-electron chi connectivity index (χ4n) is 3.44. The van der Waals surface area contributed by atoms with Crippen LogP contribution < -0.4 is 16.0 Å². The summed E-state index contributed by atoms with van der Waals surface area (Å²) in [5.74, 6) is -0.382. The molecule has 5 heteroatoms. The van der Waals surface area contributed by atoms with Crippen molar-refractivity contribution < 1.29 is 4.79 Å². The van der Waals surface area contributed by atoms with Crippen LogP contribution in [0.2, 0.25) is 0 Å². The number of carbonyl (C=O) groups excluding carboxylic acids is 1. The van der Waals surface area contributed by atoms with E-state index in [1.54, 1.807) is 0 Å². The lowest BCUT2D eigenvalue weighted by molar-refractivity contribution is 0.100. The highest BCUT2D eigenvalue weighted by Gasteiger charge is 2.34. The van der Waals surface area contributed by atoms with Gasteiger partial charge in [-0.2, -0.15) is 0 Å². The first kappa shape index (κ1) is 13.9. The van der Waals surface area contributed by atoms with E-state index in [9.17, 15) is 4.79 Å². The predicted octanol–water partition coefficient (Wildman–Crippen LogP) is 2.27. The summed E-state index contributed by atoms with van der Waals surface area (Å²) >= 11 is 3.59. The van der Waals surface area contributed by atoms with Crippen LogP contribution in [-0.4, -0.2) is 31.1 Å². The summed E-state index contributed by atoms with van der Waals surface area (Å²) in [5, 5.41) is 3.62. The van der Waals surface area contributed by atoms with Crippen molar-refractivity contribution >= 4 is 27.5 Å². The third-order valence-electron chi connectivity index (χ3n) is 4.40. The molecule has 0 radical (unpaired) electrons. The quantitative estimate of drug-likeness (QED) is 0.889. The van der Waals surface area contributed by atoms with Crippen LogP contribution in [0.1, 0.15) is 36.0 Å². The summed E-state index contributed by atoms with van der Waals surface area (Å²) in [6.07, 6.45) is 5.00. The Bertz CT molecular complexity index is 514. The van der Waals surface area contributed by atoms with Gasteiger partial charge in [0.2, 0.25) is 5.91 Å². The fraction of sp³-hybridized carbons (Fsp3) is 0.533. The zero-order valence-corrected chi connectivity index (χ0v) is 13.0. The monoisotopic (exact) mass is 337 g/mol. The highest BCUT2D eigenvalue weighted by Crippen LogP contribution is 2.35. The summed E-state index contributed by atoms with van der Waals surface area (Å²) in [7, 11) is 0. The zero-order valence-electron chi connectivity index (χ0n) is 11.4. The lowest BCUT2D eigenvalue weighted by atomic mass is 10.0. The minimum Gasteiger partial charge on any atom is -0.366 e. The van der Waals surface area contributed by atoms with Crippen LogP contribution in [0.5, 0.6) is 0 Å². The van der Waals surface area contributed by atoms with Crippen LogP contribution in [0.4, 0.5) is 5.69 Å². The number of nitrogens with zero attached hydrogens (tertiary/aromatic N) is 1. The van der Waals surface area contributed by atoms with Crippen molar-refractivity contribution in [3.05, 3.63) is 28.2 Å². The first-order chi connectivity index (χ1) is 9.66. The minimum atomic E-state index is -0.382. The van der Waals surface area contributed by atoms with Gasteiger partial charge >= 0.3 is 0 Å². The number of hydrogen-bond donors (Lipinski definition) is 2. The maximum Gasteiger partial charge on any atom is 0.248 e. The Morgan fingerprint density at radius 1 is 1.35 bits per heavy atom. The molecule has 3 N–H and O–H groups in total. The number of anilines is 1. The van der Waals surface area contributed by atoms with Crippen molar-refractivity contribution in [1.29, 1.82) is 0 Å². The van der Waals surface area contributed by atoms with E-state index in [1.807, 2.05) is 18.2 Å². The summed E-state index contributed by atoms with van der Waals surface area (Å²) < 4.78 is 0.957. The van der Waals surface area contributed by atoms with Crippen molar-refractivity contribution in [2.24, 2.45) is 5.73 Å². The van der Waals surface area contributed by atoms with E-state index in [-0.39, 0.29) is 5.91 Å². The normalized spacial score (nSPS) is 26.1. The predicted molar refractivity (Wildman–Crippen MR) is 84.1 cm³/mol. The van der Waals surface area contributed by atoms with Crippen LogP contribution >= 0.6 is 15.9 Å². The molecule has 2 heterocycles. The minimum absolute atomic E-state index is 0.382. The van der Waals surface area contributed by atoms with Crippen LogP contribution in [0.15, 0.2) is 22.7 Å². The SMILES string of the molecule is NC(=O)c1ccc(N2CCCC2C2CCCN2)c(Br)c1. The van der Waals surface area contributed by atoms with Gasteiger partial charge in [0.1, 0.15) is 0 Å². The molecule has 0 aromatic heterocycles. The van der Waals surface area contributed by atoms with Gasteiger partial charge in [-0.3, -0.25) is 4.79 Å². The summed E-state index contributed by atoms with van der Waals surface area (Å²) in [6.45, 7) is 2.22. The second kappa shape index (κ2) is 5.74. The molecule has 2 saturated heterocycles. The Kier molecular flexibility index (Phi) is 3.98. The number of hydrogen-bond acceptors (Lipinski definition) is 3. The highest BCUT2D eigenvalue weighted by atomic mass is 79.9. The lowest BCUT2D eigenvalue weighted by Crippen LogP contribution is -2.44. The maximum atomic E-state index is 11.2. The number of nitrogens with one attached hydrogen (secondary N) is 1. The molecule has 0 aliphatic carbocycles. The number of amides is 1. The van der Waals surface area contributed by atoms with E-state index < -0.39 is 0 Å². The molecule has 0 bridgehead atoms. The Balaban J connectivity index is 1.85. The first-order valence-electron chi connectivity index (χ1n) is 7.26. The molecule has 1 aromatic rings. The Hall–Kier alpha value is -1.07. The molecule has 1 amide bonds. The number of halogens is 1. The molecular formula is C15H20BrN3O. The van der Waals surface area contributed by atoms with Crippen molar-refractivity contribution in [3.8, 4) is 0 Å². The molecule has 20 heavy (non-hydrogen) atoms. The Labute approximate surface area is 127 Å². The third kappa shape index (κ3) is 2.56. The van der Waals surface area contributed by atoms with Crippen molar-refractivity contribution in [3.63, 3.8) is 0 Å². The van der Waals surface area contributed by atoms with Gasteiger partial charge in [0.05, 0.1) is 5.69 Å². The van der Waals surface area contributed by atoms with Gasteiger partial charge in [-0.25, -0.2) is 0 Å². The number of rotatable bonds is 3. The lowest BCUT2D eigenvalue weighted by Gasteiger charge is -2.32. The molecule has 2 aliphatic heterocycles. The van der Waals surface area contributed by atoms with Crippen molar-refractivity contribution in [2.45, 2.75) is 37.8 Å². The van der Waals surface area contributed by atoms with Crippen LogP contribution in [0.25, 0.3) is 0 Å². The van der Waals surface area contributed by atoms with E-state index in [4.69, 9.17) is 5.73 Å². The van der Waals surface area contributed by atoms with Crippen molar-refractivity contribution in [2.75, 3.05) is 18.0 Å². The van der Waals surface area contributed by atoms with Gasteiger partial charge in [-0.15, -0.1) is 0 Å². The van der Waals surface area contributed by atoms with E-state index in [0.29, 0.717) is 17.6 Å². The summed E-state index contributed by atoms with van der Waals surface area (Å²) in [6, 6.07) is 6.82. The second-order valence-corrected chi connectivity index (χ2v) is 6.49. The van der Waals surface area contributed by atoms with E-state index in [0.717, 1.165) is 17.6 Å². The largest absolute Gasteiger partial charge is 0.366 e. The van der Waals surface area contributed by atoms with Gasteiger partial charge in [0, 0.05) is 28.7 Å². The Morgan fingerprint density at radius 3 is 2.85 bits per heavy atom. The molecule has 1 aromatic carbocycles. The van der Waals surface area contributed by atoms with Crippen LogP contribution in [0.3, 0.4) is 0 Å². The topological polar surface area (TPSA) is 58.4 Å². The van der Waals surface area contributed by atoms with Crippen LogP contribution in [0, 0.1) is 0 Å². The number of primary amides is 1. The molecule has 3 rings (SSSR count). The van der Waals surface area contributed by atoms with E-state index >= 15 is 0 Å². The number of carbonyl (C=O) groups is 1. The average molecular weight is 338 g/mol. The zero-order chi connectivity index (χ0) is 14.1. The average Bonchev–Trinajstić information content (AvgIpc) is 3.09. The van der Waals surface area contributed by atoms with Gasteiger partial charge < -0.3 is 16.0 Å². The maximum absolute atomic E-state index is 11.2. The third-order valence-corrected chi connectivity index (χ3v) is 5.04. The number of benzene rings is 1. The van der Waals surface area contributed by atoms with Gasteiger partial charge in [-0.1, -0.05) is 0 Å². The molecular weight excluding hydrogens is 318 g/mol. The summed E-state index contributed by atoms with van der Waals surface area (Å²) in [5.41, 5.74) is 7.05. The smallest absolute Gasteiger partial charge is 0.248 e. The second-order valence-electron chi connectivity index (χ2n) is 5.64. The molecule has 2 aliphatic rings. The number of nitrogens with two attached hydrogens (primary N) is 1. The molecule has 108 valence electrons. The van der Waals surface area contributed by atoms with Crippen LogP contribution in [-0.2, 0) is 0 Å². The molecule has 0 saturated carbocycles. The molecule has 2 fully saturated rings. The standard InChI is InChI=1S/C15H20BrN3O/c16-11-9-10(15(17)20)5-6-13(11)19-8-2-4-14(19)12-3-1-7-18-12/h5-6,9,12,14,18H,1-4,7-8H2,(H2,17,20). The first-order valence-corrected chi connectivity index (χ1v) is 8.05. The van der Waals surface area contributed by atoms with Crippen molar-refractivity contribution in [1.82, 2.24) is 5.32 Å². The molecule has 2 unspecified atom stereocenters. The fourth-order valence-corrected chi connectivity index (χ4v) is 4.05. The highest BCUT2D eigenvalue weighted by molar-refractivity contribution is 9.10. The van der Waals surface area contributed by atoms with Gasteiger partial charge in [0.15, 0.2) is 0 Å². The van der Waals surface area contributed by atoms with E-state index in [1.165, 1.54) is 31.4 Å². The molecule has 4 nitrogen and oxygen atoms in total. The van der Waals surface area contributed by atoms with Gasteiger partial charge in [0.25, 0.3) is 0 Å². The van der Waals surface area contributed by atoms with Gasteiger partial charge in [-0.05, 0) is 66.4 Å².